The average molecular weight is 353 g/mol. The Kier molecular flexibility index (Phi) is 6.87. The first-order valence-electron chi connectivity index (χ1n) is 7.28. The third-order valence-electron chi connectivity index (χ3n) is 2.88. The standard InChI is InChI=1S/C17H17F2NO3S/c1-2-22-13-8-4-5-9-14(13)23-11-16(21)20-12-7-3-6-10-15(12)24-17(18)19/h3-10,17H,2,11H2,1H3,(H,20,21). The van der Waals surface area contributed by atoms with Gasteiger partial charge in [0, 0.05) is 4.90 Å². The Morgan fingerprint density at radius 1 is 1.08 bits per heavy atom. The highest BCUT2D eigenvalue weighted by Crippen LogP contribution is 2.31. The second-order valence-electron chi connectivity index (χ2n) is 4.59. The van der Waals surface area contributed by atoms with E-state index in [0.29, 0.717) is 40.5 Å². The van der Waals surface area contributed by atoms with Crippen molar-refractivity contribution in [2.45, 2.75) is 17.6 Å². The van der Waals surface area contributed by atoms with Crippen molar-refractivity contribution in [1.82, 2.24) is 0 Å². The molecule has 4 nitrogen and oxygen atoms in total. The van der Waals surface area contributed by atoms with Crippen molar-refractivity contribution in [1.29, 1.82) is 0 Å². The normalized spacial score (nSPS) is 10.5. The molecule has 0 spiro atoms. The summed E-state index contributed by atoms with van der Waals surface area (Å²) in [6.45, 7) is 2.07. The molecule has 0 heterocycles. The third kappa shape index (κ3) is 5.42. The number of ether oxygens (including phenoxy) is 2. The molecule has 0 saturated carbocycles. The summed E-state index contributed by atoms with van der Waals surface area (Å²) in [5, 5.41) is 2.58. The van der Waals surface area contributed by atoms with E-state index in [1.54, 1.807) is 42.5 Å². The minimum Gasteiger partial charge on any atom is -0.490 e. The number of nitrogens with one attached hydrogen (secondary N) is 1. The van der Waals surface area contributed by atoms with Gasteiger partial charge in [0.15, 0.2) is 18.1 Å². The van der Waals surface area contributed by atoms with Crippen LogP contribution in [0.25, 0.3) is 0 Å². The van der Waals surface area contributed by atoms with Crippen molar-refractivity contribution in [3.05, 3.63) is 48.5 Å². The number of carbonyl (C=O) groups is 1. The zero-order valence-electron chi connectivity index (χ0n) is 13.0. The Morgan fingerprint density at radius 2 is 1.71 bits per heavy atom. The van der Waals surface area contributed by atoms with Crippen LogP contribution in [0.4, 0.5) is 14.5 Å². The fraction of sp³-hybridized carbons (Fsp3) is 0.235. The minimum atomic E-state index is -2.56. The molecule has 0 aromatic heterocycles. The Bertz CT molecular complexity index is 682. The van der Waals surface area contributed by atoms with Crippen molar-refractivity contribution >= 4 is 23.4 Å². The fourth-order valence-corrected chi connectivity index (χ4v) is 2.54. The first kappa shape index (κ1) is 18.1. The van der Waals surface area contributed by atoms with E-state index in [1.165, 1.54) is 6.07 Å². The van der Waals surface area contributed by atoms with Gasteiger partial charge in [0.1, 0.15) is 0 Å². The van der Waals surface area contributed by atoms with E-state index in [-0.39, 0.29) is 6.61 Å². The second-order valence-corrected chi connectivity index (χ2v) is 5.62. The van der Waals surface area contributed by atoms with Crippen LogP contribution in [0.1, 0.15) is 6.92 Å². The molecule has 0 aliphatic rings. The summed E-state index contributed by atoms with van der Waals surface area (Å²) in [5.74, 6) is -2.01. The van der Waals surface area contributed by atoms with Crippen LogP contribution in [-0.2, 0) is 4.79 Å². The summed E-state index contributed by atoms with van der Waals surface area (Å²) in [6, 6.07) is 13.4. The van der Waals surface area contributed by atoms with Crippen molar-refractivity contribution in [2.24, 2.45) is 0 Å². The van der Waals surface area contributed by atoms with Crippen LogP contribution in [-0.4, -0.2) is 24.9 Å². The van der Waals surface area contributed by atoms with Gasteiger partial charge in [-0.25, -0.2) is 0 Å². The number of anilines is 1. The molecule has 1 amide bonds. The van der Waals surface area contributed by atoms with Gasteiger partial charge in [-0.3, -0.25) is 4.79 Å². The van der Waals surface area contributed by atoms with E-state index in [1.807, 2.05) is 6.92 Å². The minimum absolute atomic E-state index is 0.252. The number of amides is 1. The molecule has 1 N–H and O–H groups in total. The van der Waals surface area contributed by atoms with Crippen molar-refractivity contribution < 1.29 is 23.0 Å². The lowest BCUT2D eigenvalue weighted by molar-refractivity contribution is -0.118. The van der Waals surface area contributed by atoms with Gasteiger partial charge in [-0.2, -0.15) is 8.78 Å². The summed E-state index contributed by atoms with van der Waals surface area (Å²) >= 11 is 0.382. The van der Waals surface area contributed by atoms with Crippen LogP contribution in [0.5, 0.6) is 11.5 Å². The quantitative estimate of drug-likeness (QED) is 0.714. The molecule has 0 unspecified atom stereocenters. The molecule has 7 heteroatoms. The van der Waals surface area contributed by atoms with E-state index in [2.05, 4.69) is 5.32 Å². The molecule has 0 radical (unpaired) electrons. The number of hydrogen-bond donors (Lipinski definition) is 1. The summed E-state index contributed by atoms with van der Waals surface area (Å²) in [4.78, 5) is 12.3. The molecule has 0 fully saturated rings. The maximum atomic E-state index is 12.5. The number of carbonyl (C=O) groups excluding carboxylic acids is 1. The van der Waals surface area contributed by atoms with Crippen LogP contribution in [0.2, 0.25) is 0 Å². The monoisotopic (exact) mass is 353 g/mol. The molecule has 0 bridgehead atoms. The summed E-state index contributed by atoms with van der Waals surface area (Å²) in [5.41, 5.74) is 0.328. The molecule has 128 valence electrons. The number of alkyl halides is 2. The number of halogens is 2. The molecular formula is C17H17F2NO3S. The zero-order valence-corrected chi connectivity index (χ0v) is 13.8. The number of para-hydroxylation sites is 3. The largest absolute Gasteiger partial charge is 0.490 e. The maximum absolute atomic E-state index is 12.5. The van der Waals surface area contributed by atoms with Crippen LogP contribution in [0.15, 0.2) is 53.4 Å². The zero-order chi connectivity index (χ0) is 17.4. The average Bonchev–Trinajstić information content (AvgIpc) is 2.56. The lowest BCUT2D eigenvalue weighted by Crippen LogP contribution is -2.20. The van der Waals surface area contributed by atoms with E-state index >= 15 is 0 Å². The fourth-order valence-electron chi connectivity index (χ4n) is 1.94. The summed E-state index contributed by atoms with van der Waals surface area (Å²) in [6.07, 6.45) is 0. The Hall–Kier alpha value is -2.28. The molecule has 0 aliphatic heterocycles. The smallest absolute Gasteiger partial charge is 0.288 e. The van der Waals surface area contributed by atoms with Crippen LogP contribution < -0.4 is 14.8 Å². The van der Waals surface area contributed by atoms with Gasteiger partial charge in [0.25, 0.3) is 11.7 Å². The molecular weight excluding hydrogens is 336 g/mol. The highest BCUT2D eigenvalue weighted by Gasteiger charge is 2.13. The van der Waals surface area contributed by atoms with Crippen LogP contribution in [0.3, 0.4) is 0 Å². The van der Waals surface area contributed by atoms with Gasteiger partial charge in [-0.1, -0.05) is 36.0 Å². The molecule has 0 atom stereocenters. The van der Waals surface area contributed by atoms with Gasteiger partial charge in [-0.05, 0) is 31.2 Å². The van der Waals surface area contributed by atoms with Crippen molar-refractivity contribution in [2.75, 3.05) is 18.5 Å². The number of benzene rings is 2. The van der Waals surface area contributed by atoms with Crippen LogP contribution in [0, 0.1) is 0 Å². The summed E-state index contributed by atoms with van der Waals surface area (Å²) in [7, 11) is 0. The predicted molar refractivity (Wildman–Crippen MR) is 90.0 cm³/mol. The highest BCUT2D eigenvalue weighted by atomic mass is 32.2. The number of rotatable bonds is 8. The highest BCUT2D eigenvalue weighted by molar-refractivity contribution is 7.99. The van der Waals surface area contributed by atoms with Crippen LogP contribution >= 0.6 is 11.8 Å². The molecule has 2 rings (SSSR count). The lowest BCUT2D eigenvalue weighted by Gasteiger charge is -2.13. The Morgan fingerprint density at radius 3 is 2.38 bits per heavy atom. The van der Waals surface area contributed by atoms with Gasteiger partial charge in [0.2, 0.25) is 0 Å². The number of thioether (sulfide) groups is 1. The first-order chi connectivity index (χ1) is 11.6. The molecule has 2 aromatic rings. The predicted octanol–water partition coefficient (Wildman–Crippen LogP) is 4.42. The molecule has 0 saturated heterocycles. The summed E-state index contributed by atoms with van der Waals surface area (Å²) < 4.78 is 35.9. The topological polar surface area (TPSA) is 47.6 Å². The first-order valence-corrected chi connectivity index (χ1v) is 8.16. The molecule has 0 aliphatic carbocycles. The Balaban J connectivity index is 1.97. The maximum Gasteiger partial charge on any atom is 0.288 e. The molecule has 2 aromatic carbocycles. The SMILES string of the molecule is CCOc1ccccc1OCC(=O)Nc1ccccc1SC(F)F. The Labute approximate surface area is 143 Å². The van der Waals surface area contributed by atoms with Gasteiger partial charge in [0.05, 0.1) is 12.3 Å². The van der Waals surface area contributed by atoms with E-state index in [0.717, 1.165) is 0 Å². The molecule has 24 heavy (non-hydrogen) atoms. The van der Waals surface area contributed by atoms with Gasteiger partial charge < -0.3 is 14.8 Å². The van der Waals surface area contributed by atoms with E-state index < -0.39 is 11.7 Å². The number of hydrogen-bond acceptors (Lipinski definition) is 4. The third-order valence-corrected chi connectivity index (χ3v) is 3.67. The van der Waals surface area contributed by atoms with Crippen molar-refractivity contribution in [3.63, 3.8) is 0 Å². The second kappa shape index (κ2) is 9.12. The lowest BCUT2D eigenvalue weighted by atomic mass is 10.3. The van der Waals surface area contributed by atoms with Gasteiger partial charge in [-0.15, -0.1) is 0 Å². The van der Waals surface area contributed by atoms with Crippen molar-refractivity contribution in [3.8, 4) is 11.5 Å². The van der Waals surface area contributed by atoms with E-state index in [4.69, 9.17) is 9.47 Å². The van der Waals surface area contributed by atoms with E-state index in [9.17, 15) is 13.6 Å². The van der Waals surface area contributed by atoms with Gasteiger partial charge >= 0.3 is 0 Å².